The topological polar surface area (TPSA) is 0 Å². The van der Waals surface area contributed by atoms with Crippen molar-refractivity contribution in [2.24, 2.45) is 0 Å². The lowest BCUT2D eigenvalue weighted by molar-refractivity contribution is 1.55. The number of rotatable bonds is 6. The molecule has 0 atom stereocenters. The Morgan fingerprint density at radius 3 is 1.03 bits per heavy atom. The smallest absolute Gasteiger partial charge is 0.0355 e. The standard InChI is InChI=1S/C60H38S/c1-2-13-39(14-3-1)48-34-49(44-19-11-16-41(32-44)40-15-10-17-42(31-40)47-28-30-60-58(38-47)56-25-8-9-26-59(56)61-60)36-50(35-48)45-20-12-18-43(33-45)46-27-29-55-53-23-5-4-21-51(53)52-22-6-7-24-54(52)57(55)37-46/h1-38H. The van der Waals surface area contributed by atoms with Gasteiger partial charge in [0.25, 0.3) is 0 Å². The van der Waals surface area contributed by atoms with Crippen molar-refractivity contribution in [3.05, 3.63) is 231 Å². The van der Waals surface area contributed by atoms with Gasteiger partial charge in [-0.3, -0.25) is 0 Å². The molecule has 0 saturated heterocycles. The second kappa shape index (κ2) is 14.6. The molecule has 0 unspecified atom stereocenters. The van der Waals surface area contributed by atoms with Gasteiger partial charge in [0.05, 0.1) is 0 Å². The fourth-order valence-corrected chi connectivity index (χ4v) is 10.5. The Balaban J connectivity index is 0.940. The third-order valence-corrected chi connectivity index (χ3v) is 13.6. The minimum absolute atomic E-state index is 1.19. The van der Waals surface area contributed by atoms with Gasteiger partial charge < -0.3 is 0 Å². The minimum atomic E-state index is 1.19. The molecule has 61 heavy (non-hydrogen) atoms. The number of thiophene rings is 1. The highest BCUT2D eigenvalue weighted by Gasteiger charge is 2.13. The van der Waals surface area contributed by atoms with Crippen LogP contribution < -0.4 is 0 Å². The van der Waals surface area contributed by atoms with Gasteiger partial charge in [0.1, 0.15) is 0 Å². The average Bonchev–Trinajstić information content (AvgIpc) is 3.72. The molecule has 0 bridgehead atoms. The number of hydrogen-bond acceptors (Lipinski definition) is 1. The molecule has 0 saturated carbocycles. The zero-order valence-electron chi connectivity index (χ0n) is 33.3. The zero-order chi connectivity index (χ0) is 40.3. The van der Waals surface area contributed by atoms with E-state index in [2.05, 4.69) is 231 Å². The lowest BCUT2D eigenvalue weighted by Gasteiger charge is -2.14. The summed E-state index contributed by atoms with van der Waals surface area (Å²) in [4.78, 5) is 0. The van der Waals surface area contributed by atoms with Gasteiger partial charge in [-0.05, 0) is 160 Å². The van der Waals surface area contributed by atoms with Crippen LogP contribution in [0.4, 0.5) is 0 Å². The summed E-state index contributed by atoms with van der Waals surface area (Å²) in [6, 6.07) is 85.1. The van der Waals surface area contributed by atoms with Gasteiger partial charge in [0, 0.05) is 20.2 Å². The Hall–Kier alpha value is -7.58. The second-order valence-corrected chi connectivity index (χ2v) is 17.2. The highest BCUT2D eigenvalue weighted by Crippen LogP contribution is 2.41. The van der Waals surface area contributed by atoms with Crippen LogP contribution in [-0.4, -0.2) is 0 Å². The van der Waals surface area contributed by atoms with E-state index in [0.29, 0.717) is 0 Å². The average molecular weight is 791 g/mol. The van der Waals surface area contributed by atoms with Crippen LogP contribution in [0.3, 0.4) is 0 Å². The molecular formula is C60H38S. The Morgan fingerprint density at radius 2 is 0.492 bits per heavy atom. The van der Waals surface area contributed by atoms with Gasteiger partial charge in [-0.25, -0.2) is 0 Å². The Kier molecular flexibility index (Phi) is 8.47. The lowest BCUT2D eigenvalue weighted by Crippen LogP contribution is -1.88. The molecule has 0 aliphatic heterocycles. The van der Waals surface area contributed by atoms with E-state index in [-0.39, 0.29) is 0 Å². The molecule has 0 radical (unpaired) electrons. The first-order chi connectivity index (χ1) is 30.2. The molecule has 0 N–H and O–H groups in total. The van der Waals surface area contributed by atoms with E-state index in [0.717, 1.165) is 0 Å². The first-order valence-corrected chi connectivity index (χ1v) is 21.8. The molecule has 1 heterocycles. The predicted molar refractivity (Wildman–Crippen MR) is 264 cm³/mol. The summed E-state index contributed by atoms with van der Waals surface area (Å²) in [7, 11) is 0. The molecule has 0 spiro atoms. The van der Waals surface area contributed by atoms with E-state index in [4.69, 9.17) is 0 Å². The van der Waals surface area contributed by atoms with E-state index in [1.54, 1.807) is 0 Å². The molecule has 12 rings (SSSR count). The molecule has 11 aromatic carbocycles. The monoisotopic (exact) mass is 790 g/mol. The summed E-state index contributed by atoms with van der Waals surface area (Å²) in [6.45, 7) is 0. The molecule has 1 aromatic heterocycles. The van der Waals surface area contributed by atoms with E-state index in [1.807, 2.05) is 11.3 Å². The largest absolute Gasteiger partial charge is 0.135 e. The van der Waals surface area contributed by atoms with Crippen molar-refractivity contribution in [1.82, 2.24) is 0 Å². The van der Waals surface area contributed by atoms with Crippen LogP contribution >= 0.6 is 11.3 Å². The van der Waals surface area contributed by atoms with Crippen molar-refractivity contribution in [3.8, 4) is 66.8 Å². The maximum absolute atomic E-state index is 2.39. The summed E-state index contributed by atoms with van der Waals surface area (Å²) in [5, 5.41) is 10.4. The molecule has 0 aliphatic rings. The summed E-state index contributed by atoms with van der Waals surface area (Å²) in [5.74, 6) is 0. The van der Waals surface area contributed by atoms with Crippen LogP contribution in [0.15, 0.2) is 231 Å². The van der Waals surface area contributed by atoms with Gasteiger partial charge >= 0.3 is 0 Å². The second-order valence-electron chi connectivity index (χ2n) is 16.1. The fourth-order valence-electron chi connectivity index (χ4n) is 9.39. The lowest BCUT2D eigenvalue weighted by atomic mass is 9.90. The third kappa shape index (κ3) is 6.30. The summed E-state index contributed by atoms with van der Waals surface area (Å²) in [5.41, 5.74) is 14.5. The first kappa shape index (κ1) is 35.4. The minimum Gasteiger partial charge on any atom is -0.135 e. The van der Waals surface area contributed by atoms with Crippen molar-refractivity contribution < 1.29 is 0 Å². The molecule has 0 aliphatic carbocycles. The van der Waals surface area contributed by atoms with E-state index in [1.165, 1.54) is 119 Å². The summed E-state index contributed by atoms with van der Waals surface area (Å²) >= 11 is 1.86. The van der Waals surface area contributed by atoms with Crippen molar-refractivity contribution in [2.75, 3.05) is 0 Å². The number of fused-ring (bicyclic) bond motifs is 9. The zero-order valence-corrected chi connectivity index (χ0v) is 34.2. The third-order valence-electron chi connectivity index (χ3n) is 12.4. The van der Waals surface area contributed by atoms with Crippen LogP contribution in [0.25, 0.3) is 119 Å². The van der Waals surface area contributed by atoms with Gasteiger partial charge in [0.2, 0.25) is 0 Å². The predicted octanol–water partition coefficient (Wildman–Crippen LogP) is 17.5. The van der Waals surface area contributed by atoms with Gasteiger partial charge in [0.15, 0.2) is 0 Å². The van der Waals surface area contributed by atoms with Crippen LogP contribution in [0.1, 0.15) is 0 Å². The highest BCUT2D eigenvalue weighted by molar-refractivity contribution is 7.25. The highest BCUT2D eigenvalue weighted by atomic mass is 32.1. The van der Waals surface area contributed by atoms with Gasteiger partial charge in [-0.15, -0.1) is 11.3 Å². The van der Waals surface area contributed by atoms with Crippen molar-refractivity contribution >= 4 is 63.8 Å². The van der Waals surface area contributed by atoms with Crippen molar-refractivity contribution in [3.63, 3.8) is 0 Å². The Bertz CT molecular complexity index is 3610. The Morgan fingerprint density at radius 1 is 0.164 bits per heavy atom. The molecule has 1 heteroatoms. The Labute approximate surface area is 359 Å². The van der Waals surface area contributed by atoms with Crippen LogP contribution in [-0.2, 0) is 0 Å². The van der Waals surface area contributed by atoms with Crippen LogP contribution in [0, 0.1) is 0 Å². The number of benzene rings is 11. The van der Waals surface area contributed by atoms with Gasteiger partial charge in [-0.1, -0.05) is 170 Å². The molecule has 0 nitrogen and oxygen atoms in total. The molecule has 0 fully saturated rings. The molecule has 12 aromatic rings. The molecular weight excluding hydrogens is 753 g/mol. The van der Waals surface area contributed by atoms with Crippen LogP contribution in [0.5, 0.6) is 0 Å². The number of hydrogen-bond donors (Lipinski definition) is 0. The fraction of sp³-hybridized carbons (Fsp3) is 0. The summed E-state index contributed by atoms with van der Waals surface area (Å²) < 4.78 is 2.66. The van der Waals surface area contributed by atoms with E-state index >= 15 is 0 Å². The van der Waals surface area contributed by atoms with Crippen LogP contribution in [0.2, 0.25) is 0 Å². The quantitative estimate of drug-likeness (QED) is 0.147. The van der Waals surface area contributed by atoms with Gasteiger partial charge in [-0.2, -0.15) is 0 Å². The van der Waals surface area contributed by atoms with Crippen molar-refractivity contribution in [1.29, 1.82) is 0 Å². The molecule has 0 amide bonds. The summed E-state index contributed by atoms with van der Waals surface area (Å²) in [6.07, 6.45) is 0. The van der Waals surface area contributed by atoms with E-state index < -0.39 is 0 Å². The maximum atomic E-state index is 2.39. The maximum Gasteiger partial charge on any atom is 0.0355 e. The SMILES string of the molecule is c1ccc(-c2cc(-c3cccc(-c4cccc(-c5ccc6sc7ccccc7c6c5)c4)c3)cc(-c3cccc(-c4ccc5c6ccccc6c6ccccc6c5c4)c3)c2)cc1. The van der Waals surface area contributed by atoms with E-state index in [9.17, 15) is 0 Å². The molecule has 284 valence electrons. The normalized spacial score (nSPS) is 11.6. The van der Waals surface area contributed by atoms with Crippen molar-refractivity contribution in [2.45, 2.75) is 0 Å². The first-order valence-electron chi connectivity index (χ1n) is 21.0.